The van der Waals surface area contributed by atoms with Crippen LogP contribution in [0.2, 0.25) is 10.0 Å². The third-order valence-corrected chi connectivity index (χ3v) is 21.7. The normalized spacial score (nSPS) is 26.5. The number of aliphatic carboxylic acids is 1. The summed E-state index contributed by atoms with van der Waals surface area (Å²) in [7, 11) is 0. The number of hydrogen-bond donors (Lipinski definition) is 20. The van der Waals surface area contributed by atoms with Crippen molar-refractivity contribution in [2.24, 2.45) is 17.4 Å². The predicted molar refractivity (Wildman–Crippen MR) is 425 cm³/mol. The number of hydrogen-bond acceptors (Lipinski definition) is 27. The number of aliphatic hydroxyl groups is 6. The van der Waals surface area contributed by atoms with Gasteiger partial charge in [-0.3, -0.25) is 38.4 Å². The van der Waals surface area contributed by atoms with E-state index < -0.39 is 248 Å². The van der Waals surface area contributed by atoms with E-state index >= 15 is 14.4 Å². The lowest BCUT2D eigenvalue weighted by atomic mass is 9.85. The second-order valence-electron chi connectivity index (χ2n) is 30.8. The zero-order valence-corrected chi connectivity index (χ0v) is 67.3. The number of carbonyl (C=O) groups excluding carboxylic acids is 8. The van der Waals surface area contributed by atoms with Crippen LogP contribution in [0.3, 0.4) is 0 Å². The van der Waals surface area contributed by atoms with Crippen molar-refractivity contribution in [3.63, 3.8) is 0 Å². The fraction of sp³-hybridized carbons (Fsp3) is 0.451. The number of phenols is 3. The number of aromatic hydroxyl groups is 3. The van der Waals surface area contributed by atoms with Crippen molar-refractivity contribution in [1.82, 2.24) is 42.5 Å². The number of nitrogens with two attached hydrogens (primary N) is 2. The lowest BCUT2D eigenvalue weighted by Crippen LogP contribution is -2.66. The minimum atomic E-state index is -2.39. The molecule has 38 heteroatoms. The van der Waals surface area contributed by atoms with Crippen LogP contribution in [-0.4, -0.2) is 203 Å². The van der Waals surface area contributed by atoms with Gasteiger partial charge in [-0.25, -0.2) is 4.79 Å². The summed E-state index contributed by atoms with van der Waals surface area (Å²) >= 11 is 14.2. The average molecular weight is 1710 g/mol. The van der Waals surface area contributed by atoms with E-state index in [0.717, 1.165) is 104 Å². The number of nitrogens with one attached hydrogen (secondary N) is 8. The maximum atomic E-state index is 16.2. The predicted octanol–water partition coefficient (Wildman–Crippen LogP) is 3.53. The Kier molecular flexibility index (Phi) is 29.4. The van der Waals surface area contributed by atoms with E-state index in [-0.39, 0.29) is 54.3 Å². The molecule has 120 heavy (non-hydrogen) atoms. The van der Waals surface area contributed by atoms with Crippen LogP contribution < -0.4 is 72.9 Å². The van der Waals surface area contributed by atoms with Gasteiger partial charge in [0.25, 0.3) is 0 Å². The van der Waals surface area contributed by atoms with Crippen LogP contribution in [0.1, 0.15) is 156 Å². The van der Waals surface area contributed by atoms with Crippen LogP contribution in [0, 0.1) is 5.92 Å². The van der Waals surface area contributed by atoms with Crippen LogP contribution >= 0.6 is 23.2 Å². The first-order valence-corrected chi connectivity index (χ1v) is 39.8. The van der Waals surface area contributed by atoms with Gasteiger partial charge in [0.1, 0.15) is 101 Å². The molecule has 7 aliphatic heterocycles. The smallest absolute Gasteiger partial charge is 0.330 e. The molecule has 6 aromatic rings. The number of halogens is 2. The number of primary amides is 1. The molecule has 0 spiro atoms. The molecule has 8 amide bonds. The number of carbonyl (C=O) groups is 9. The summed E-state index contributed by atoms with van der Waals surface area (Å²) < 4.78 is 45.1. The molecule has 2 unspecified atom stereocenters. The van der Waals surface area contributed by atoms with Crippen molar-refractivity contribution in [2.45, 2.75) is 208 Å². The Bertz CT molecular complexity index is 4800. The quantitative estimate of drug-likeness (QED) is 0.0364. The highest BCUT2D eigenvalue weighted by Gasteiger charge is 2.53. The molecule has 11 bridgehead atoms. The number of benzene rings is 6. The maximum absolute atomic E-state index is 16.2. The fourth-order valence-corrected chi connectivity index (χ4v) is 15.3. The van der Waals surface area contributed by atoms with Gasteiger partial charge in [0.05, 0.1) is 53.9 Å². The van der Waals surface area contributed by atoms with E-state index in [1.54, 1.807) is 13.8 Å². The summed E-state index contributed by atoms with van der Waals surface area (Å²) in [6.45, 7) is 8.24. The first kappa shape index (κ1) is 90.1. The van der Waals surface area contributed by atoms with Crippen LogP contribution in [0.5, 0.6) is 51.7 Å². The van der Waals surface area contributed by atoms with Crippen LogP contribution in [0.15, 0.2) is 103 Å². The number of ether oxygens (including phenoxy) is 7. The molecule has 13 rings (SSSR count). The zero-order chi connectivity index (χ0) is 86.9. The van der Waals surface area contributed by atoms with E-state index in [2.05, 4.69) is 49.5 Å². The van der Waals surface area contributed by atoms with Crippen molar-refractivity contribution in [1.29, 1.82) is 0 Å². The molecule has 646 valence electrons. The first-order valence-electron chi connectivity index (χ1n) is 39.0. The molecule has 0 saturated carbocycles. The van der Waals surface area contributed by atoms with E-state index in [4.69, 9.17) is 67.8 Å². The number of fused-ring (bicyclic) bond motifs is 15. The van der Waals surface area contributed by atoms with Gasteiger partial charge in [0, 0.05) is 35.7 Å². The van der Waals surface area contributed by atoms with E-state index in [9.17, 15) is 79.8 Å². The van der Waals surface area contributed by atoms with Gasteiger partial charge in [0.15, 0.2) is 29.9 Å². The molecule has 6 aromatic carbocycles. The summed E-state index contributed by atoms with van der Waals surface area (Å²) in [4.78, 5) is 131. The van der Waals surface area contributed by atoms with Gasteiger partial charge in [-0.1, -0.05) is 106 Å². The lowest BCUT2D eigenvalue weighted by molar-refractivity contribution is -0.334. The first-order chi connectivity index (χ1) is 57.0. The topological polar surface area (TPSA) is 569 Å². The highest BCUT2D eigenvalue weighted by molar-refractivity contribution is 6.32. The van der Waals surface area contributed by atoms with Crippen molar-refractivity contribution in [3.8, 4) is 62.9 Å². The zero-order valence-electron chi connectivity index (χ0n) is 65.8. The minimum Gasteiger partial charge on any atom is -0.508 e. The number of unbranched alkanes of at least 4 members (excludes halogenated alkanes) is 5. The number of aliphatic hydroxyl groups excluding tert-OH is 6. The highest BCUT2D eigenvalue weighted by atomic mass is 35.5. The third kappa shape index (κ3) is 21.2. The van der Waals surface area contributed by atoms with Gasteiger partial charge in [-0.2, -0.15) is 0 Å². The fourth-order valence-electron chi connectivity index (χ4n) is 14.8. The van der Waals surface area contributed by atoms with E-state index in [1.807, 2.05) is 24.3 Å². The Morgan fingerprint density at radius 2 is 1.31 bits per heavy atom. The largest absolute Gasteiger partial charge is 0.508 e. The van der Waals surface area contributed by atoms with Gasteiger partial charge in [0.2, 0.25) is 59.3 Å². The maximum Gasteiger partial charge on any atom is 0.330 e. The molecule has 22 N–H and O–H groups in total. The number of carboxylic acid groups (broad SMARTS) is 1. The number of amides is 8. The Balaban J connectivity index is 1.04. The highest BCUT2D eigenvalue weighted by Crippen LogP contribution is 2.50. The van der Waals surface area contributed by atoms with Crippen LogP contribution in [0.4, 0.5) is 0 Å². The Morgan fingerprint density at radius 1 is 0.683 bits per heavy atom. The molecular weight excluding hydrogens is 1610 g/mol. The minimum absolute atomic E-state index is 0.0594. The summed E-state index contributed by atoms with van der Waals surface area (Å²) in [5, 5.41) is 136. The summed E-state index contributed by atoms with van der Waals surface area (Å²) in [5.41, 5.74) is 8.30. The lowest BCUT2D eigenvalue weighted by Gasteiger charge is -2.48. The van der Waals surface area contributed by atoms with Crippen molar-refractivity contribution in [2.75, 3.05) is 19.8 Å². The second-order valence-corrected chi connectivity index (χ2v) is 31.6. The molecule has 18 atom stereocenters. The molecule has 7 heterocycles. The number of phenolic OH excluding ortho intramolecular Hbond substituents is 3. The Morgan fingerprint density at radius 3 is 1.94 bits per heavy atom. The molecule has 7 aliphatic rings. The van der Waals surface area contributed by atoms with Gasteiger partial charge >= 0.3 is 5.97 Å². The Hall–Kier alpha value is -10.7. The second kappa shape index (κ2) is 39.2. The van der Waals surface area contributed by atoms with Gasteiger partial charge in [-0.05, 0) is 127 Å². The van der Waals surface area contributed by atoms with Gasteiger partial charge < -0.3 is 138 Å². The third-order valence-electron chi connectivity index (χ3n) is 21.2. The van der Waals surface area contributed by atoms with E-state index in [1.165, 1.54) is 32.8 Å². The molecular formula is C82H98Cl2N10O26. The van der Waals surface area contributed by atoms with Gasteiger partial charge in [-0.15, -0.1) is 0 Å². The molecule has 0 aromatic heterocycles. The SMILES string of the molecule is CCCCCCCCOc1ccc(CNCC(=O)N[C@@]2(C)C[C@H](OC3C(Oc4c5cc6cc4Oc4ccc(cc4Cl)[C@@H](O)[C@@H](NC(=O)[C@@H](N)CC(C)C)C(=O)N[C@@H](CC(N)=O)C(=O)N[C@H]6C(=O)N[C@H]4C(=O)N[C@H](C(=O)N[C@H](C(=O)O)c6cc(O)cc(O)c6-c6cc4ccc6O)[C@H](O)c4ccc(c(Cl)c4)O5)O[C@H](CO)[C@@H](O)[C@@H]3O)O[C@@H](C)[C@H]2O)cc1. The number of rotatable bonds is 25. The molecule has 2 fully saturated rings. The summed E-state index contributed by atoms with van der Waals surface area (Å²) in [6.07, 6.45) is -13.2. The summed E-state index contributed by atoms with van der Waals surface area (Å²) in [6, 6.07) is 5.97. The monoisotopic (exact) mass is 1710 g/mol. The van der Waals surface area contributed by atoms with Crippen molar-refractivity contribution < 1.29 is 127 Å². The molecule has 0 aliphatic carbocycles. The van der Waals surface area contributed by atoms with Crippen LogP contribution in [-0.2, 0) is 63.9 Å². The van der Waals surface area contributed by atoms with Crippen molar-refractivity contribution >= 4 is 76.4 Å². The summed E-state index contributed by atoms with van der Waals surface area (Å²) in [5.74, 6) is -16.5. The standard InChI is InChI=1S/C82H98Cl2N10O26/c1-6-7-8-9-10-11-22-114-44-17-12-38(13-18-44)33-87-34-59(100)94-82(5)32-60(115-37(4)73(82)105)119-72-70(104)69(103)57(35-95)118-81(72)120-71-55-27-42-28-56(71)117-54-21-16-41(26-48(54)84)68(102)66-79(111)91-64(80(112)113)46-29-43(96)30-52(98)61(46)45-24-39(14-19-51(45)97)62(76(108)93-66)90-77(109)63(42)89-75(107)50(31-58(86)99)88-78(110)65(92-74(106)49(85)23-36(2)3)67(101)40-15-20-53(116-55)47(83)25-40/h12-21,24-30,36-37,49-50,57,60,62-70,72-73,81,87,95-98,101-105H,6-11,22-23,31-35,85H2,1-5H3,(H2,86,99)(H,88,110)(H,89,107)(H,90,109)(H,91,111)(H,92,106)(H,93,108)(H,94,100)(H,112,113)/t37-,49-,50-,57+,60-,62+,63+,64-,65+,66-,67+,68+,69+,70-,72?,73+,81?,82-/m0/s1. The number of carboxylic acids is 1. The Labute approximate surface area is 697 Å². The molecule has 2 saturated heterocycles. The average Bonchev–Trinajstić information content (AvgIpc) is 0.763. The van der Waals surface area contributed by atoms with E-state index in [0.29, 0.717) is 12.4 Å². The van der Waals surface area contributed by atoms with Crippen LogP contribution in [0.25, 0.3) is 11.1 Å². The van der Waals surface area contributed by atoms with Crippen molar-refractivity contribution in [3.05, 3.63) is 147 Å². The molecule has 36 nitrogen and oxygen atoms in total. The molecule has 0 radical (unpaired) electrons.